The average molecular weight is 283 g/mol. The Morgan fingerprint density at radius 1 is 1.42 bits per heavy atom. The molecule has 0 aliphatic heterocycles. The fraction of sp³-hybridized carbons (Fsp3) is 0.167. The van der Waals surface area contributed by atoms with E-state index in [4.69, 9.17) is 26.2 Å². The molecule has 0 aliphatic carbocycles. The number of aliphatic hydroxyl groups excluding tert-OH is 1. The van der Waals surface area contributed by atoms with Crippen molar-refractivity contribution in [3.05, 3.63) is 45.5 Å². The first kappa shape index (κ1) is 13.4. The Hall–Kier alpha value is -2.05. The van der Waals surface area contributed by atoms with E-state index in [0.29, 0.717) is 17.1 Å². The Bertz CT molecular complexity index is 642. The molecule has 7 heteroatoms. The number of ether oxygens (including phenoxy) is 2. The van der Waals surface area contributed by atoms with Crippen molar-refractivity contribution < 1.29 is 14.6 Å². The fourth-order valence-corrected chi connectivity index (χ4v) is 1.58. The normalized spacial score (nSPS) is 10.3. The summed E-state index contributed by atoms with van der Waals surface area (Å²) in [6.07, 6.45) is 1.19. The summed E-state index contributed by atoms with van der Waals surface area (Å²) in [5.74, 6) is 0.741. The van der Waals surface area contributed by atoms with Crippen LogP contribution in [-0.4, -0.2) is 22.2 Å². The number of methoxy groups -OCH3 is 1. The van der Waals surface area contributed by atoms with Crippen molar-refractivity contribution in [1.82, 2.24) is 9.97 Å². The van der Waals surface area contributed by atoms with Crippen molar-refractivity contribution in [3.8, 4) is 17.4 Å². The summed E-state index contributed by atoms with van der Waals surface area (Å²) in [5, 5.41) is 8.90. The van der Waals surface area contributed by atoms with Crippen LogP contribution in [0.15, 0.2) is 29.3 Å². The molecular weight excluding hydrogens is 272 g/mol. The van der Waals surface area contributed by atoms with Gasteiger partial charge in [0.05, 0.1) is 20.0 Å². The first-order valence-corrected chi connectivity index (χ1v) is 5.72. The molecule has 0 spiro atoms. The Morgan fingerprint density at radius 3 is 2.89 bits per heavy atom. The summed E-state index contributed by atoms with van der Waals surface area (Å²) >= 11 is 5.79. The molecule has 2 N–H and O–H groups in total. The highest BCUT2D eigenvalue weighted by Crippen LogP contribution is 2.33. The quantitative estimate of drug-likeness (QED) is 0.892. The molecule has 0 fully saturated rings. The van der Waals surface area contributed by atoms with Gasteiger partial charge in [0.15, 0.2) is 16.5 Å². The number of nitrogens with one attached hydrogen (secondary N) is 1. The molecule has 0 bridgehead atoms. The van der Waals surface area contributed by atoms with Gasteiger partial charge in [-0.25, -0.2) is 4.98 Å². The van der Waals surface area contributed by atoms with Gasteiger partial charge in [-0.05, 0) is 17.7 Å². The van der Waals surface area contributed by atoms with Gasteiger partial charge in [-0.15, -0.1) is 0 Å². The first-order valence-electron chi connectivity index (χ1n) is 5.34. The lowest BCUT2D eigenvalue weighted by molar-refractivity contribution is 0.280. The van der Waals surface area contributed by atoms with Crippen LogP contribution in [0.3, 0.4) is 0 Å². The van der Waals surface area contributed by atoms with Gasteiger partial charge < -0.3 is 19.6 Å². The van der Waals surface area contributed by atoms with Crippen LogP contribution in [0.4, 0.5) is 0 Å². The molecule has 0 radical (unpaired) electrons. The number of hydrogen-bond acceptors (Lipinski definition) is 5. The lowest BCUT2D eigenvalue weighted by atomic mass is 10.2. The van der Waals surface area contributed by atoms with E-state index in [1.807, 2.05) is 0 Å². The number of aliphatic hydroxyl groups is 1. The lowest BCUT2D eigenvalue weighted by Gasteiger charge is -2.11. The Labute approximate surface area is 113 Å². The van der Waals surface area contributed by atoms with E-state index < -0.39 is 5.56 Å². The molecule has 0 saturated heterocycles. The predicted octanol–water partition coefficient (Wildman–Crippen LogP) is 1.72. The number of aromatic nitrogens is 2. The van der Waals surface area contributed by atoms with Crippen LogP contribution in [-0.2, 0) is 6.61 Å². The number of H-pyrrole nitrogens is 1. The largest absolute Gasteiger partial charge is 0.493 e. The van der Waals surface area contributed by atoms with Crippen molar-refractivity contribution in [2.24, 2.45) is 0 Å². The minimum absolute atomic E-state index is 0.0135. The van der Waals surface area contributed by atoms with E-state index in [-0.39, 0.29) is 17.5 Å². The van der Waals surface area contributed by atoms with Crippen molar-refractivity contribution in [2.75, 3.05) is 7.11 Å². The maximum Gasteiger partial charge on any atom is 0.273 e. The molecular formula is C12H11ClN2O4. The van der Waals surface area contributed by atoms with Gasteiger partial charge in [0, 0.05) is 0 Å². The molecule has 2 rings (SSSR count). The zero-order chi connectivity index (χ0) is 13.8. The second-order valence-corrected chi connectivity index (χ2v) is 3.97. The third-order valence-corrected chi connectivity index (χ3v) is 2.72. The van der Waals surface area contributed by atoms with Crippen LogP contribution in [0.5, 0.6) is 17.4 Å². The Kier molecular flexibility index (Phi) is 4.03. The number of hydrogen-bond donors (Lipinski definition) is 2. The molecule has 1 aromatic carbocycles. The van der Waals surface area contributed by atoms with Gasteiger partial charge in [0.25, 0.3) is 5.56 Å². The minimum Gasteiger partial charge on any atom is -0.493 e. The van der Waals surface area contributed by atoms with Crippen molar-refractivity contribution in [1.29, 1.82) is 0 Å². The molecule has 19 heavy (non-hydrogen) atoms. The zero-order valence-electron chi connectivity index (χ0n) is 10.0. The standard InChI is InChI=1S/C12H11ClN2O4/c1-18-9-4-7(5-16)2-3-8(9)19-12-10(13)11(17)14-6-15-12/h2-4,6,16H,5H2,1H3,(H,14,15,17). The number of rotatable bonds is 4. The van der Waals surface area contributed by atoms with Crippen LogP contribution < -0.4 is 15.0 Å². The van der Waals surface area contributed by atoms with Crippen molar-refractivity contribution in [3.63, 3.8) is 0 Å². The van der Waals surface area contributed by atoms with E-state index in [1.165, 1.54) is 13.4 Å². The molecule has 6 nitrogen and oxygen atoms in total. The summed E-state index contributed by atoms with van der Waals surface area (Å²) in [6.45, 7) is -0.110. The molecule has 0 atom stereocenters. The van der Waals surface area contributed by atoms with Crippen molar-refractivity contribution >= 4 is 11.6 Å². The van der Waals surface area contributed by atoms with Gasteiger partial charge in [-0.3, -0.25) is 4.79 Å². The average Bonchev–Trinajstić information content (AvgIpc) is 2.44. The highest BCUT2D eigenvalue weighted by molar-refractivity contribution is 6.31. The number of aromatic amines is 1. The molecule has 0 unspecified atom stereocenters. The second kappa shape index (κ2) is 5.73. The monoisotopic (exact) mass is 282 g/mol. The second-order valence-electron chi connectivity index (χ2n) is 3.60. The zero-order valence-corrected chi connectivity index (χ0v) is 10.8. The van der Waals surface area contributed by atoms with E-state index in [0.717, 1.165) is 0 Å². The molecule has 100 valence electrons. The molecule has 1 heterocycles. The highest BCUT2D eigenvalue weighted by atomic mass is 35.5. The highest BCUT2D eigenvalue weighted by Gasteiger charge is 2.12. The van der Waals surface area contributed by atoms with Gasteiger partial charge in [-0.1, -0.05) is 17.7 Å². The smallest absolute Gasteiger partial charge is 0.273 e. The summed E-state index contributed by atoms with van der Waals surface area (Å²) in [6, 6.07) is 4.89. The number of benzene rings is 1. The summed E-state index contributed by atoms with van der Waals surface area (Å²) in [7, 11) is 1.47. The maximum absolute atomic E-state index is 11.3. The van der Waals surface area contributed by atoms with Crippen LogP contribution in [0.1, 0.15) is 5.56 Å². The molecule has 1 aromatic heterocycles. The van der Waals surface area contributed by atoms with Gasteiger partial charge in [-0.2, -0.15) is 0 Å². The van der Waals surface area contributed by atoms with Crippen LogP contribution in [0.25, 0.3) is 0 Å². The van der Waals surface area contributed by atoms with E-state index in [1.54, 1.807) is 18.2 Å². The van der Waals surface area contributed by atoms with Gasteiger partial charge in [0.1, 0.15) is 0 Å². The SMILES string of the molecule is COc1cc(CO)ccc1Oc1nc[nH]c(=O)c1Cl. The molecule has 0 amide bonds. The predicted molar refractivity (Wildman–Crippen MR) is 68.9 cm³/mol. The third kappa shape index (κ3) is 2.86. The van der Waals surface area contributed by atoms with Crippen LogP contribution >= 0.6 is 11.6 Å². The van der Waals surface area contributed by atoms with E-state index in [2.05, 4.69) is 9.97 Å². The fourth-order valence-electron chi connectivity index (χ4n) is 1.44. The van der Waals surface area contributed by atoms with Gasteiger partial charge in [0.2, 0.25) is 5.88 Å². The number of halogens is 1. The maximum atomic E-state index is 11.3. The molecule has 2 aromatic rings. The Morgan fingerprint density at radius 2 is 2.21 bits per heavy atom. The van der Waals surface area contributed by atoms with Crippen LogP contribution in [0, 0.1) is 0 Å². The summed E-state index contributed by atoms with van der Waals surface area (Å²) < 4.78 is 10.6. The summed E-state index contributed by atoms with van der Waals surface area (Å²) in [4.78, 5) is 17.5. The molecule has 0 saturated carbocycles. The van der Waals surface area contributed by atoms with Crippen LogP contribution in [0.2, 0.25) is 5.02 Å². The number of nitrogens with zero attached hydrogens (tertiary/aromatic N) is 1. The first-order chi connectivity index (χ1) is 9.15. The van der Waals surface area contributed by atoms with Gasteiger partial charge >= 0.3 is 0 Å². The Balaban J connectivity index is 2.38. The van der Waals surface area contributed by atoms with E-state index in [9.17, 15) is 4.79 Å². The third-order valence-electron chi connectivity index (χ3n) is 2.38. The minimum atomic E-state index is -0.488. The summed E-state index contributed by atoms with van der Waals surface area (Å²) in [5.41, 5.74) is 0.187. The lowest BCUT2D eigenvalue weighted by Crippen LogP contribution is -2.08. The van der Waals surface area contributed by atoms with Crippen molar-refractivity contribution in [2.45, 2.75) is 6.61 Å². The molecule has 0 aliphatic rings. The topological polar surface area (TPSA) is 84.4 Å². The van der Waals surface area contributed by atoms with E-state index >= 15 is 0 Å².